The summed E-state index contributed by atoms with van der Waals surface area (Å²) in [7, 11) is 1.67. The number of carbonyl (C=O) groups is 2. The predicted octanol–water partition coefficient (Wildman–Crippen LogP) is 2.01. The third-order valence-corrected chi connectivity index (χ3v) is 5.89. The van der Waals surface area contributed by atoms with Crippen molar-refractivity contribution in [1.82, 2.24) is 9.80 Å². The molecule has 1 atom stereocenters. The molecule has 2 rings (SSSR count). The second-order valence-corrected chi connectivity index (χ2v) is 8.07. The fourth-order valence-corrected chi connectivity index (χ4v) is 4.33. The molecular weight excluding hydrogens is 312 g/mol. The third kappa shape index (κ3) is 5.11. The van der Waals surface area contributed by atoms with Gasteiger partial charge in [-0.25, -0.2) is 0 Å². The summed E-state index contributed by atoms with van der Waals surface area (Å²) in [6.07, 6.45) is 4.34. The summed E-state index contributed by atoms with van der Waals surface area (Å²) in [4.78, 5) is 28.5. The number of thioether (sulfide) groups is 1. The van der Waals surface area contributed by atoms with Crippen LogP contribution in [0.5, 0.6) is 0 Å². The molecule has 0 aromatic heterocycles. The molecule has 1 spiro atoms. The van der Waals surface area contributed by atoms with Crippen LogP contribution in [0.2, 0.25) is 0 Å². The molecule has 2 fully saturated rings. The summed E-state index contributed by atoms with van der Waals surface area (Å²) < 4.78 is 5.12. The normalized spacial score (nSPS) is 25.2. The molecule has 2 amide bonds. The van der Waals surface area contributed by atoms with Crippen LogP contribution in [0.1, 0.15) is 39.0 Å². The number of rotatable bonds is 7. The molecule has 2 aliphatic heterocycles. The van der Waals surface area contributed by atoms with Gasteiger partial charge in [0.05, 0.1) is 6.61 Å². The molecule has 2 aliphatic rings. The molecule has 0 bridgehead atoms. The van der Waals surface area contributed by atoms with Gasteiger partial charge in [0.25, 0.3) is 0 Å². The van der Waals surface area contributed by atoms with E-state index < -0.39 is 0 Å². The first-order valence-corrected chi connectivity index (χ1v) is 9.88. The van der Waals surface area contributed by atoms with E-state index in [9.17, 15) is 9.59 Å². The molecule has 0 N–H and O–H groups in total. The number of hydrogen-bond donors (Lipinski definition) is 0. The Balaban J connectivity index is 1.92. The zero-order valence-corrected chi connectivity index (χ0v) is 15.3. The lowest BCUT2D eigenvalue weighted by Crippen LogP contribution is -2.55. The van der Waals surface area contributed by atoms with Gasteiger partial charge in [-0.1, -0.05) is 6.92 Å². The maximum atomic E-state index is 12.4. The minimum Gasteiger partial charge on any atom is -0.383 e. The van der Waals surface area contributed by atoms with Crippen LogP contribution < -0.4 is 0 Å². The second-order valence-electron chi connectivity index (χ2n) is 6.67. The number of carbonyl (C=O) groups excluding carboxylic acids is 2. The topological polar surface area (TPSA) is 49.9 Å². The number of amides is 2. The minimum atomic E-state index is 0.105. The lowest BCUT2D eigenvalue weighted by Gasteiger charge is -2.48. The van der Waals surface area contributed by atoms with Crippen LogP contribution in [0.4, 0.5) is 0 Å². The van der Waals surface area contributed by atoms with Gasteiger partial charge < -0.3 is 14.5 Å². The van der Waals surface area contributed by atoms with Crippen LogP contribution in [-0.4, -0.2) is 73.0 Å². The molecule has 0 aliphatic carbocycles. The molecule has 2 heterocycles. The van der Waals surface area contributed by atoms with Gasteiger partial charge in [-0.2, -0.15) is 11.8 Å². The highest BCUT2D eigenvalue weighted by atomic mass is 32.2. The maximum Gasteiger partial charge on any atom is 0.223 e. The summed E-state index contributed by atoms with van der Waals surface area (Å²) in [6.45, 7) is 5.85. The van der Waals surface area contributed by atoms with Crippen molar-refractivity contribution in [2.45, 2.75) is 39.0 Å². The lowest BCUT2D eigenvalue weighted by molar-refractivity contribution is -0.143. The largest absolute Gasteiger partial charge is 0.383 e. The van der Waals surface area contributed by atoms with Crippen molar-refractivity contribution in [3.8, 4) is 0 Å². The Kier molecular flexibility index (Phi) is 7.21. The number of ether oxygens (including phenoxy) is 1. The summed E-state index contributed by atoms with van der Waals surface area (Å²) in [5, 5.41) is 0. The Morgan fingerprint density at radius 2 is 2.17 bits per heavy atom. The molecule has 6 heteroatoms. The van der Waals surface area contributed by atoms with E-state index in [-0.39, 0.29) is 17.2 Å². The predicted molar refractivity (Wildman–Crippen MR) is 93.6 cm³/mol. The maximum absolute atomic E-state index is 12.4. The standard InChI is InChI=1S/C17H30N2O3S/c1-3-23-12-6-16(21)18-9-4-7-17(13-18)8-5-15(20)19(14-17)10-11-22-2/h3-14H2,1-2H3/t17-/m1/s1. The Morgan fingerprint density at radius 3 is 2.91 bits per heavy atom. The zero-order valence-electron chi connectivity index (χ0n) is 14.5. The van der Waals surface area contributed by atoms with E-state index in [0.717, 1.165) is 50.4 Å². The molecule has 5 nitrogen and oxygen atoms in total. The van der Waals surface area contributed by atoms with Gasteiger partial charge >= 0.3 is 0 Å². The molecule has 0 unspecified atom stereocenters. The van der Waals surface area contributed by atoms with Crippen molar-refractivity contribution < 1.29 is 14.3 Å². The van der Waals surface area contributed by atoms with Crippen molar-refractivity contribution in [2.24, 2.45) is 5.41 Å². The number of likely N-dealkylation sites (tertiary alicyclic amines) is 2. The SMILES string of the molecule is CCSCCC(=O)N1CCC[C@@]2(CCC(=O)N(CCOC)C2)C1. The van der Waals surface area contributed by atoms with Crippen LogP contribution in [0.15, 0.2) is 0 Å². The van der Waals surface area contributed by atoms with Crippen molar-refractivity contribution in [3.63, 3.8) is 0 Å². The quantitative estimate of drug-likeness (QED) is 0.664. The third-order valence-electron chi connectivity index (χ3n) is 4.99. The molecule has 132 valence electrons. The van der Waals surface area contributed by atoms with Crippen molar-refractivity contribution >= 4 is 23.6 Å². The van der Waals surface area contributed by atoms with Gasteiger partial charge in [0.15, 0.2) is 0 Å². The van der Waals surface area contributed by atoms with E-state index in [1.165, 1.54) is 0 Å². The molecule has 0 radical (unpaired) electrons. The fourth-order valence-electron chi connectivity index (χ4n) is 3.72. The van der Waals surface area contributed by atoms with Crippen LogP contribution in [0.3, 0.4) is 0 Å². The highest BCUT2D eigenvalue weighted by Gasteiger charge is 2.42. The monoisotopic (exact) mass is 342 g/mol. The van der Waals surface area contributed by atoms with E-state index in [2.05, 4.69) is 6.92 Å². The first-order chi connectivity index (χ1) is 11.1. The number of hydrogen-bond acceptors (Lipinski definition) is 4. The molecule has 0 aromatic rings. The lowest BCUT2D eigenvalue weighted by atomic mass is 9.73. The van der Waals surface area contributed by atoms with E-state index in [4.69, 9.17) is 4.74 Å². The average Bonchev–Trinajstić information content (AvgIpc) is 2.56. The van der Waals surface area contributed by atoms with E-state index in [1.54, 1.807) is 7.11 Å². The smallest absolute Gasteiger partial charge is 0.223 e. The van der Waals surface area contributed by atoms with Crippen molar-refractivity contribution in [2.75, 3.05) is 51.4 Å². The van der Waals surface area contributed by atoms with Gasteiger partial charge in [0.2, 0.25) is 11.8 Å². The first kappa shape index (κ1) is 18.6. The van der Waals surface area contributed by atoms with Crippen molar-refractivity contribution in [3.05, 3.63) is 0 Å². The number of methoxy groups -OCH3 is 1. The van der Waals surface area contributed by atoms with Gasteiger partial charge in [0, 0.05) is 57.3 Å². The van der Waals surface area contributed by atoms with Crippen LogP contribution >= 0.6 is 11.8 Å². The Hall–Kier alpha value is -0.750. The Bertz CT molecular complexity index is 419. The fraction of sp³-hybridized carbons (Fsp3) is 0.882. The van der Waals surface area contributed by atoms with Crippen LogP contribution in [0.25, 0.3) is 0 Å². The summed E-state index contributed by atoms with van der Waals surface area (Å²) in [6, 6.07) is 0. The van der Waals surface area contributed by atoms with Crippen LogP contribution in [0, 0.1) is 5.41 Å². The Labute approximate surface area is 144 Å². The average molecular weight is 343 g/mol. The summed E-state index contributed by atoms with van der Waals surface area (Å²) in [5.41, 5.74) is 0.105. The molecule has 2 saturated heterocycles. The molecule has 0 saturated carbocycles. The van der Waals surface area contributed by atoms with Gasteiger partial charge in [-0.05, 0) is 25.0 Å². The molecule has 23 heavy (non-hydrogen) atoms. The molecular formula is C17H30N2O3S. The Morgan fingerprint density at radius 1 is 1.35 bits per heavy atom. The van der Waals surface area contributed by atoms with E-state index in [1.807, 2.05) is 21.6 Å². The van der Waals surface area contributed by atoms with Gasteiger partial charge in [-0.3, -0.25) is 9.59 Å². The van der Waals surface area contributed by atoms with E-state index in [0.29, 0.717) is 26.0 Å². The van der Waals surface area contributed by atoms with Gasteiger partial charge in [0.1, 0.15) is 0 Å². The summed E-state index contributed by atoms with van der Waals surface area (Å²) in [5.74, 6) is 2.49. The highest BCUT2D eigenvalue weighted by Crippen LogP contribution is 2.39. The number of nitrogens with zero attached hydrogens (tertiary/aromatic N) is 2. The molecule has 0 aromatic carbocycles. The summed E-state index contributed by atoms with van der Waals surface area (Å²) >= 11 is 1.82. The zero-order chi connectivity index (χ0) is 16.7. The first-order valence-electron chi connectivity index (χ1n) is 8.72. The van der Waals surface area contributed by atoms with Crippen molar-refractivity contribution in [1.29, 1.82) is 0 Å². The highest BCUT2D eigenvalue weighted by molar-refractivity contribution is 7.99. The van der Waals surface area contributed by atoms with E-state index >= 15 is 0 Å². The second kappa shape index (κ2) is 8.92. The van der Waals surface area contributed by atoms with Gasteiger partial charge in [-0.15, -0.1) is 0 Å². The number of piperidine rings is 2. The minimum absolute atomic E-state index is 0.105. The van der Waals surface area contributed by atoms with Crippen LogP contribution in [-0.2, 0) is 14.3 Å².